The van der Waals surface area contributed by atoms with E-state index in [4.69, 9.17) is 17.0 Å². The van der Waals surface area contributed by atoms with Crippen molar-refractivity contribution in [3.8, 4) is 5.75 Å². The van der Waals surface area contributed by atoms with Crippen molar-refractivity contribution in [1.29, 1.82) is 0 Å². The third kappa shape index (κ3) is 4.38. The van der Waals surface area contributed by atoms with Crippen molar-refractivity contribution in [2.45, 2.75) is 13.8 Å². The zero-order valence-corrected chi connectivity index (χ0v) is 13.1. The fourth-order valence-corrected chi connectivity index (χ4v) is 1.56. The number of rotatable bonds is 3. The molecule has 0 fully saturated rings. The van der Waals surface area contributed by atoms with Crippen molar-refractivity contribution in [2.24, 2.45) is 4.99 Å². The number of nitrogens with zero attached hydrogens (tertiary/aromatic N) is 3. The molecule has 0 spiro atoms. The molecule has 1 aromatic rings. The van der Waals surface area contributed by atoms with E-state index in [-0.39, 0.29) is 5.75 Å². The van der Waals surface area contributed by atoms with Gasteiger partial charge in [0.25, 0.3) is 11.2 Å². The molecular formula is C14H21N3O2S. The molecule has 1 N–H and O–H groups in total. The van der Waals surface area contributed by atoms with Gasteiger partial charge in [0, 0.05) is 27.2 Å². The predicted molar refractivity (Wildman–Crippen MR) is 85.5 cm³/mol. The molecule has 1 rings (SSSR count). The van der Waals surface area contributed by atoms with E-state index in [2.05, 4.69) is 4.99 Å². The van der Waals surface area contributed by atoms with E-state index in [1.54, 1.807) is 23.1 Å². The van der Waals surface area contributed by atoms with E-state index < -0.39 is 0 Å². The van der Waals surface area contributed by atoms with Gasteiger partial charge in [-0.15, -0.1) is 0 Å². The van der Waals surface area contributed by atoms with Crippen LogP contribution in [0.3, 0.4) is 0 Å². The van der Waals surface area contributed by atoms with Gasteiger partial charge in [0.2, 0.25) is 0 Å². The van der Waals surface area contributed by atoms with Crippen molar-refractivity contribution in [3.63, 3.8) is 0 Å². The lowest BCUT2D eigenvalue weighted by molar-refractivity contribution is 0.335. The number of thiocarbonyl (C=S) groups is 1. The van der Waals surface area contributed by atoms with Gasteiger partial charge in [-0.2, -0.15) is 4.99 Å². The summed E-state index contributed by atoms with van der Waals surface area (Å²) in [7, 11) is 3.62. The summed E-state index contributed by atoms with van der Waals surface area (Å²) in [6, 6.07) is 7.25. The Kier molecular flexibility index (Phi) is 6.24. The molecule has 0 aliphatic rings. The molecule has 0 saturated carbocycles. The Labute approximate surface area is 125 Å². The molecule has 0 aliphatic heterocycles. The minimum atomic E-state index is 0.108. The van der Waals surface area contributed by atoms with Crippen LogP contribution < -0.4 is 0 Å². The van der Waals surface area contributed by atoms with E-state index in [1.807, 2.05) is 38.9 Å². The van der Waals surface area contributed by atoms with Crippen molar-refractivity contribution < 1.29 is 9.84 Å². The van der Waals surface area contributed by atoms with Gasteiger partial charge in [-0.3, -0.25) is 0 Å². The average molecular weight is 295 g/mol. The normalized spacial score (nSPS) is 11.1. The summed E-state index contributed by atoms with van der Waals surface area (Å²) in [5, 5.41) is 10.1. The highest BCUT2D eigenvalue weighted by Crippen LogP contribution is 2.25. The second-order valence-corrected chi connectivity index (χ2v) is 4.67. The van der Waals surface area contributed by atoms with Gasteiger partial charge in [-0.05, 0) is 38.2 Å². The van der Waals surface area contributed by atoms with Gasteiger partial charge in [0.05, 0.1) is 0 Å². The van der Waals surface area contributed by atoms with Crippen molar-refractivity contribution in [3.05, 3.63) is 24.3 Å². The number of amidine groups is 1. The van der Waals surface area contributed by atoms with E-state index in [9.17, 15) is 5.11 Å². The van der Waals surface area contributed by atoms with Crippen molar-refractivity contribution in [1.82, 2.24) is 9.80 Å². The molecule has 0 atom stereocenters. The lowest BCUT2D eigenvalue weighted by Gasteiger charge is -2.24. The first-order chi connectivity index (χ1) is 9.49. The first-order valence-corrected chi connectivity index (χ1v) is 6.91. The topological polar surface area (TPSA) is 48.3 Å². The Bertz CT molecular complexity index is 485. The van der Waals surface area contributed by atoms with Crippen molar-refractivity contribution in [2.75, 3.05) is 27.2 Å². The monoisotopic (exact) mass is 295 g/mol. The van der Waals surface area contributed by atoms with Crippen LogP contribution in [0.1, 0.15) is 13.8 Å². The summed E-state index contributed by atoms with van der Waals surface area (Å²) in [5.41, 5.74) is 0.455. The maximum absolute atomic E-state index is 9.81. The number of phenols is 1. The van der Waals surface area contributed by atoms with Crippen LogP contribution >= 0.6 is 12.2 Å². The fraction of sp³-hybridized carbons (Fsp3) is 0.429. The summed E-state index contributed by atoms with van der Waals surface area (Å²) in [6.45, 7) is 5.48. The maximum Gasteiger partial charge on any atom is 0.300 e. The molecule has 1 aromatic carbocycles. The summed E-state index contributed by atoms with van der Waals surface area (Å²) in [5.74, 6) is 0.108. The first-order valence-electron chi connectivity index (χ1n) is 6.50. The molecule has 20 heavy (non-hydrogen) atoms. The van der Waals surface area contributed by atoms with Crippen LogP contribution in [0.2, 0.25) is 0 Å². The summed E-state index contributed by atoms with van der Waals surface area (Å²) in [4.78, 5) is 8.01. The van der Waals surface area contributed by atoms with E-state index in [0.29, 0.717) is 16.9 Å². The summed E-state index contributed by atoms with van der Waals surface area (Å²) < 4.78 is 5.64. The van der Waals surface area contributed by atoms with Gasteiger partial charge < -0.3 is 19.6 Å². The second-order valence-electron chi connectivity index (χ2n) is 4.32. The lowest BCUT2D eigenvalue weighted by atomic mass is 10.3. The quantitative estimate of drug-likeness (QED) is 0.527. The fourth-order valence-electron chi connectivity index (χ4n) is 1.48. The number of benzene rings is 1. The average Bonchev–Trinajstić information content (AvgIpc) is 2.42. The lowest BCUT2D eigenvalue weighted by Crippen LogP contribution is -2.36. The maximum atomic E-state index is 9.81. The van der Waals surface area contributed by atoms with Crippen molar-refractivity contribution >= 4 is 29.1 Å². The number of phenolic OH excluding ortho intramolecular Hbond substituents is 1. The molecule has 0 unspecified atom stereocenters. The predicted octanol–water partition coefficient (Wildman–Crippen LogP) is 2.58. The van der Waals surface area contributed by atoms with Gasteiger partial charge in [-0.25, -0.2) is 0 Å². The third-order valence-corrected chi connectivity index (χ3v) is 3.12. The molecule has 0 radical (unpaired) electrons. The Morgan fingerprint density at radius 1 is 1.25 bits per heavy atom. The van der Waals surface area contributed by atoms with E-state index in [0.717, 1.165) is 13.1 Å². The largest absolute Gasteiger partial charge is 0.506 e. The zero-order valence-electron chi connectivity index (χ0n) is 12.3. The van der Waals surface area contributed by atoms with Crippen LogP contribution in [0, 0.1) is 0 Å². The third-order valence-electron chi connectivity index (χ3n) is 2.68. The van der Waals surface area contributed by atoms with E-state index >= 15 is 0 Å². The zero-order chi connectivity index (χ0) is 15.1. The number of hydrogen-bond acceptors (Lipinski definition) is 4. The number of aromatic hydroxyl groups is 1. The highest BCUT2D eigenvalue weighted by molar-refractivity contribution is 7.80. The molecule has 0 aliphatic carbocycles. The van der Waals surface area contributed by atoms with Crippen LogP contribution in [0.5, 0.6) is 5.75 Å². The Morgan fingerprint density at radius 2 is 1.85 bits per heavy atom. The Hall–Kier alpha value is -1.82. The molecule has 5 nitrogen and oxygen atoms in total. The minimum Gasteiger partial charge on any atom is -0.506 e. The van der Waals surface area contributed by atoms with Gasteiger partial charge in [-0.1, -0.05) is 12.1 Å². The van der Waals surface area contributed by atoms with Crippen LogP contribution in [0.15, 0.2) is 29.3 Å². The molecular weight excluding hydrogens is 274 g/mol. The molecule has 0 heterocycles. The molecule has 0 aromatic heterocycles. The Balaban J connectivity index is 3.10. The van der Waals surface area contributed by atoms with Crippen LogP contribution in [-0.2, 0) is 4.74 Å². The molecule has 6 heteroatoms. The number of para-hydroxylation sites is 2. The highest BCUT2D eigenvalue weighted by atomic mass is 32.1. The molecule has 0 amide bonds. The van der Waals surface area contributed by atoms with Crippen LogP contribution in [0.25, 0.3) is 0 Å². The van der Waals surface area contributed by atoms with Crippen LogP contribution in [0.4, 0.5) is 5.69 Å². The molecule has 110 valence electrons. The SMILES string of the molecule is CCN(CC)C(=Nc1ccccc1O)OC(=S)N(C)C. The summed E-state index contributed by atoms with van der Waals surface area (Å²) in [6.07, 6.45) is 0. The highest BCUT2D eigenvalue weighted by Gasteiger charge is 2.14. The first kappa shape index (κ1) is 16.2. The Morgan fingerprint density at radius 3 is 2.35 bits per heavy atom. The van der Waals surface area contributed by atoms with Gasteiger partial charge >= 0.3 is 0 Å². The van der Waals surface area contributed by atoms with Crippen LogP contribution in [-0.4, -0.2) is 53.3 Å². The smallest absolute Gasteiger partial charge is 0.300 e. The number of ether oxygens (including phenoxy) is 1. The minimum absolute atomic E-state index is 0.108. The summed E-state index contributed by atoms with van der Waals surface area (Å²) >= 11 is 5.15. The number of hydrogen-bond donors (Lipinski definition) is 1. The van der Waals surface area contributed by atoms with Gasteiger partial charge in [0.15, 0.2) is 0 Å². The second kappa shape index (κ2) is 7.69. The number of aliphatic imine (C=N–C) groups is 1. The van der Waals surface area contributed by atoms with Gasteiger partial charge in [0.1, 0.15) is 11.4 Å². The standard InChI is InChI=1S/C14H21N3O2S/c1-5-17(6-2)13(19-14(20)16(3)4)15-11-9-7-8-10-12(11)18/h7-10,18H,5-6H2,1-4H3. The molecule has 0 bridgehead atoms. The molecule has 0 saturated heterocycles. The van der Waals surface area contributed by atoms with E-state index in [1.165, 1.54) is 0 Å².